The van der Waals surface area contributed by atoms with E-state index >= 15 is 0 Å². The second-order valence-corrected chi connectivity index (χ2v) is 4.40. The molecular formula is C15H18N2. The number of aryl methyl sites for hydroxylation is 1. The zero-order valence-corrected chi connectivity index (χ0v) is 10.6. The summed E-state index contributed by atoms with van der Waals surface area (Å²) in [5, 5.41) is 3.44. The maximum absolute atomic E-state index is 3.44. The Hall–Kier alpha value is -1.96. The summed E-state index contributed by atoms with van der Waals surface area (Å²) in [4.78, 5) is 2.11. The van der Waals surface area contributed by atoms with Crippen molar-refractivity contribution in [3.63, 3.8) is 0 Å². The van der Waals surface area contributed by atoms with Gasteiger partial charge >= 0.3 is 0 Å². The molecule has 0 aromatic heterocycles. The van der Waals surface area contributed by atoms with Crippen LogP contribution in [0.15, 0.2) is 48.5 Å². The Bertz CT molecular complexity index is 487. The summed E-state index contributed by atoms with van der Waals surface area (Å²) in [5.41, 5.74) is 4.70. The molecule has 0 fully saturated rings. The van der Waals surface area contributed by atoms with E-state index in [1.165, 1.54) is 11.3 Å². The van der Waals surface area contributed by atoms with Crippen LogP contribution in [0.5, 0.6) is 0 Å². The highest BCUT2D eigenvalue weighted by atomic mass is 15.1. The molecule has 0 aliphatic rings. The van der Waals surface area contributed by atoms with Crippen molar-refractivity contribution in [1.29, 1.82) is 0 Å². The van der Waals surface area contributed by atoms with Gasteiger partial charge in [-0.2, -0.15) is 0 Å². The summed E-state index contributed by atoms with van der Waals surface area (Å²) in [6.45, 7) is 2.09. The van der Waals surface area contributed by atoms with Gasteiger partial charge in [-0.05, 0) is 31.2 Å². The molecule has 0 spiro atoms. The number of anilines is 3. The molecule has 0 heterocycles. The van der Waals surface area contributed by atoms with Crippen molar-refractivity contribution in [2.75, 3.05) is 24.3 Å². The zero-order valence-electron chi connectivity index (χ0n) is 10.6. The Morgan fingerprint density at radius 3 is 2.18 bits per heavy atom. The van der Waals surface area contributed by atoms with E-state index in [1.807, 2.05) is 6.07 Å². The van der Waals surface area contributed by atoms with Gasteiger partial charge in [0.2, 0.25) is 0 Å². The molecule has 17 heavy (non-hydrogen) atoms. The van der Waals surface area contributed by atoms with Crippen LogP contribution in [0.4, 0.5) is 17.1 Å². The van der Waals surface area contributed by atoms with Crippen LogP contribution in [0, 0.1) is 6.92 Å². The first-order valence-corrected chi connectivity index (χ1v) is 5.77. The molecule has 0 amide bonds. The van der Waals surface area contributed by atoms with Crippen molar-refractivity contribution in [2.45, 2.75) is 6.92 Å². The number of hydrogen-bond donors (Lipinski definition) is 1. The molecule has 2 nitrogen and oxygen atoms in total. The highest BCUT2D eigenvalue weighted by Gasteiger charge is 2.03. The summed E-state index contributed by atoms with van der Waals surface area (Å²) in [6, 6.07) is 16.7. The van der Waals surface area contributed by atoms with E-state index in [0.29, 0.717) is 0 Å². The lowest BCUT2D eigenvalue weighted by atomic mass is 10.2. The number of rotatable bonds is 3. The summed E-state index contributed by atoms with van der Waals surface area (Å²) in [6.07, 6.45) is 0. The molecule has 0 unspecified atom stereocenters. The number of nitrogens with one attached hydrogen (secondary N) is 1. The van der Waals surface area contributed by atoms with E-state index in [1.54, 1.807) is 0 Å². The third-order valence-electron chi connectivity index (χ3n) is 2.72. The fourth-order valence-corrected chi connectivity index (χ4v) is 1.76. The van der Waals surface area contributed by atoms with E-state index in [2.05, 4.69) is 73.7 Å². The number of para-hydroxylation sites is 2. The normalized spacial score (nSPS) is 10.1. The third-order valence-corrected chi connectivity index (χ3v) is 2.72. The molecule has 0 atom stereocenters. The highest BCUT2D eigenvalue weighted by molar-refractivity contribution is 5.74. The Kier molecular flexibility index (Phi) is 3.33. The summed E-state index contributed by atoms with van der Waals surface area (Å²) >= 11 is 0. The van der Waals surface area contributed by atoms with Crippen LogP contribution >= 0.6 is 0 Å². The first kappa shape index (κ1) is 11.5. The number of benzene rings is 2. The van der Waals surface area contributed by atoms with Gasteiger partial charge < -0.3 is 10.2 Å². The average molecular weight is 226 g/mol. The lowest BCUT2D eigenvalue weighted by Gasteiger charge is -2.18. The predicted molar refractivity (Wildman–Crippen MR) is 75.2 cm³/mol. The van der Waals surface area contributed by atoms with Crippen molar-refractivity contribution in [3.8, 4) is 0 Å². The third kappa shape index (κ3) is 2.78. The minimum Gasteiger partial charge on any atom is -0.376 e. The van der Waals surface area contributed by atoms with Crippen LogP contribution in [0.3, 0.4) is 0 Å². The van der Waals surface area contributed by atoms with Crippen molar-refractivity contribution in [1.82, 2.24) is 0 Å². The maximum atomic E-state index is 3.44. The summed E-state index contributed by atoms with van der Waals surface area (Å²) in [5.74, 6) is 0. The van der Waals surface area contributed by atoms with Gasteiger partial charge in [-0.15, -0.1) is 0 Å². The first-order chi connectivity index (χ1) is 8.16. The monoisotopic (exact) mass is 226 g/mol. The van der Waals surface area contributed by atoms with E-state index in [0.717, 1.165) is 11.4 Å². The largest absolute Gasteiger partial charge is 0.376 e. The van der Waals surface area contributed by atoms with Gasteiger partial charge in [-0.1, -0.05) is 29.8 Å². The highest BCUT2D eigenvalue weighted by Crippen LogP contribution is 2.27. The van der Waals surface area contributed by atoms with Crippen LogP contribution in [0.2, 0.25) is 0 Å². The van der Waals surface area contributed by atoms with Gasteiger partial charge in [-0.25, -0.2) is 0 Å². The fourth-order valence-electron chi connectivity index (χ4n) is 1.76. The molecule has 0 saturated heterocycles. The topological polar surface area (TPSA) is 15.3 Å². The van der Waals surface area contributed by atoms with Crippen LogP contribution in [-0.4, -0.2) is 14.1 Å². The molecular weight excluding hydrogens is 208 g/mol. The lowest BCUT2D eigenvalue weighted by Crippen LogP contribution is -2.10. The molecule has 2 aromatic rings. The summed E-state index contributed by atoms with van der Waals surface area (Å²) in [7, 11) is 4.10. The standard InChI is InChI=1S/C15H18N2/c1-12-8-10-13(11-9-12)16-14-6-4-5-7-15(14)17(2)3/h4-11,16H,1-3H3. The van der Waals surface area contributed by atoms with E-state index in [9.17, 15) is 0 Å². The average Bonchev–Trinajstić information content (AvgIpc) is 2.32. The van der Waals surface area contributed by atoms with E-state index in [4.69, 9.17) is 0 Å². The van der Waals surface area contributed by atoms with Crippen LogP contribution in [0.1, 0.15) is 5.56 Å². The maximum Gasteiger partial charge on any atom is 0.0621 e. The summed E-state index contributed by atoms with van der Waals surface area (Å²) < 4.78 is 0. The molecule has 0 aliphatic carbocycles. The van der Waals surface area contributed by atoms with Crippen LogP contribution < -0.4 is 10.2 Å². The smallest absolute Gasteiger partial charge is 0.0621 e. The predicted octanol–water partition coefficient (Wildman–Crippen LogP) is 3.80. The molecule has 2 rings (SSSR count). The number of hydrogen-bond acceptors (Lipinski definition) is 2. The second-order valence-electron chi connectivity index (χ2n) is 4.40. The van der Waals surface area contributed by atoms with Gasteiger partial charge in [0.05, 0.1) is 11.4 Å². The lowest BCUT2D eigenvalue weighted by molar-refractivity contribution is 1.13. The molecule has 2 aromatic carbocycles. The Morgan fingerprint density at radius 1 is 0.882 bits per heavy atom. The van der Waals surface area contributed by atoms with E-state index in [-0.39, 0.29) is 0 Å². The number of nitrogens with zero attached hydrogens (tertiary/aromatic N) is 1. The minimum atomic E-state index is 1.12. The van der Waals surface area contributed by atoms with Crippen LogP contribution in [0.25, 0.3) is 0 Å². The van der Waals surface area contributed by atoms with Crippen LogP contribution in [-0.2, 0) is 0 Å². The van der Waals surface area contributed by atoms with Crippen molar-refractivity contribution in [2.24, 2.45) is 0 Å². The van der Waals surface area contributed by atoms with Gasteiger partial charge in [0.1, 0.15) is 0 Å². The van der Waals surface area contributed by atoms with Crippen molar-refractivity contribution < 1.29 is 0 Å². The first-order valence-electron chi connectivity index (χ1n) is 5.77. The van der Waals surface area contributed by atoms with E-state index < -0.39 is 0 Å². The van der Waals surface area contributed by atoms with Crippen molar-refractivity contribution in [3.05, 3.63) is 54.1 Å². The zero-order chi connectivity index (χ0) is 12.3. The van der Waals surface area contributed by atoms with Gasteiger partial charge in [0.15, 0.2) is 0 Å². The Labute approximate surface area is 103 Å². The molecule has 2 heteroatoms. The molecule has 0 aliphatic heterocycles. The molecule has 0 bridgehead atoms. The molecule has 1 N–H and O–H groups in total. The Morgan fingerprint density at radius 2 is 1.53 bits per heavy atom. The Balaban J connectivity index is 2.26. The van der Waals surface area contributed by atoms with Gasteiger partial charge in [0, 0.05) is 19.8 Å². The van der Waals surface area contributed by atoms with Gasteiger partial charge in [0.25, 0.3) is 0 Å². The molecule has 0 radical (unpaired) electrons. The quantitative estimate of drug-likeness (QED) is 0.856. The SMILES string of the molecule is Cc1ccc(Nc2ccccc2N(C)C)cc1. The molecule has 0 saturated carbocycles. The van der Waals surface area contributed by atoms with Gasteiger partial charge in [-0.3, -0.25) is 0 Å². The second kappa shape index (κ2) is 4.91. The fraction of sp³-hybridized carbons (Fsp3) is 0.200. The minimum absolute atomic E-state index is 1.12. The molecule has 88 valence electrons. The van der Waals surface area contributed by atoms with Crippen molar-refractivity contribution >= 4 is 17.1 Å².